The van der Waals surface area contributed by atoms with Crippen LogP contribution in [0.4, 0.5) is 0 Å². The van der Waals surface area contributed by atoms with Gasteiger partial charge in [-0.15, -0.1) is 0 Å². The number of fused-ring (bicyclic) bond motifs is 1. The summed E-state index contributed by atoms with van der Waals surface area (Å²) in [7, 11) is 1.61. The van der Waals surface area contributed by atoms with Crippen LogP contribution in [0.5, 0.6) is 17.2 Å². The number of aliphatic hydroxyl groups is 1. The molecule has 0 bridgehead atoms. The van der Waals surface area contributed by atoms with Crippen molar-refractivity contribution in [3.8, 4) is 17.2 Å². The molecule has 0 saturated carbocycles. The molecule has 0 fully saturated rings. The molecule has 3 N–H and O–H groups in total. The van der Waals surface area contributed by atoms with Crippen molar-refractivity contribution in [2.45, 2.75) is 13.0 Å². The number of nitrogens with zero attached hydrogens (tertiary/aromatic N) is 1. The molecule has 1 heterocycles. The fraction of sp³-hybridized carbons (Fsp3) is 0.350. The summed E-state index contributed by atoms with van der Waals surface area (Å²) in [6, 6.07) is 13.2. The minimum atomic E-state index is -0.626. The lowest BCUT2D eigenvalue weighted by atomic mass is 10.2. The Labute approximate surface area is 158 Å². The maximum atomic E-state index is 10.1. The summed E-state index contributed by atoms with van der Waals surface area (Å²) in [5, 5.41) is 21.4. The summed E-state index contributed by atoms with van der Waals surface area (Å²) in [5.74, 6) is 2.13. The number of methoxy groups -OCH3 is 1. The maximum Gasteiger partial charge on any atom is 0.161 e. The molecular weight excluding hydrogens is 346 g/mol. The second-order valence-electron chi connectivity index (χ2n) is 6.17. The predicted octanol–water partition coefficient (Wildman–Crippen LogP) is 2.29. The van der Waals surface area contributed by atoms with E-state index >= 15 is 0 Å². The number of hydrogen-bond acceptors (Lipinski definition) is 6. The first kappa shape index (κ1) is 19.0. The van der Waals surface area contributed by atoms with E-state index in [4.69, 9.17) is 14.2 Å². The summed E-state index contributed by atoms with van der Waals surface area (Å²) in [6.07, 6.45) is -0.626. The molecule has 2 aromatic carbocycles. The minimum Gasteiger partial charge on any atom is -0.493 e. The molecule has 3 aromatic rings. The standard InChI is InChI=1S/C20H25N3O4/c1-14-20-16(23-22-14)6-5-9-19(20)27-13-15(24)12-21-10-11-26-18-8-4-3-7-17(18)25-2/h3-9,15,21,24H,10-13H2,1-2H3,(H,22,23). The van der Waals surface area contributed by atoms with Gasteiger partial charge in [0.05, 0.1) is 18.0 Å². The summed E-state index contributed by atoms with van der Waals surface area (Å²) in [6.45, 7) is 3.63. The molecule has 1 unspecified atom stereocenters. The van der Waals surface area contributed by atoms with Crippen LogP contribution in [0.25, 0.3) is 10.9 Å². The third kappa shape index (κ3) is 4.90. The van der Waals surface area contributed by atoms with Gasteiger partial charge in [-0.1, -0.05) is 18.2 Å². The number of aliphatic hydroxyl groups excluding tert-OH is 1. The van der Waals surface area contributed by atoms with Crippen LogP contribution in [0.15, 0.2) is 42.5 Å². The van der Waals surface area contributed by atoms with Gasteiger partial charge in [0, 0.05) is 18.8 Å². The van der Waals surface area contributed by atoms with Crippen molar-refractivity contribution >= 4 is 10.9 Å². The van der Waals surface area contributed by atoms with Crippen LogP contribution in [-0.4, -0.2) is 54.8 Å². The molecule has 3 rings (SSSR count). The zero-order valence-corrected chi connectivity index (χ0v) is 15.6. The number of nitrogens with one attached hydrogen (secondary N) is 2. The number of para-hydroxylation sites is 2. The lowest BCUT2D eigenvalue weighted by Crippen LogP contribution is -2.33. The van der Waals surface area contributed by atoms with Crippen molar-refractivity contribution in [1.29, 1.82) is 0 Å². The summed E-state index contributed by atoms with van der Waals surface area (Å²) >= 11 is 0. The molecule has 0 aliphatic carbocycles. The van der Waals surface area contributed by atoms with E-state index in [1.807, 2.05) is 49.4 Å². The van der Waals surface area contributed by atoms with Crippen LogP contribution in [-0.2, 0) is 0 Å². The van der Waals surface area contributed by atoms with E-state index in [-0.39, 0.29) is 6.61 Å². The van der Waals surface area contributed by atoms with Crippen LogP contribution < -0.4 is 19.5 Å². The Morgan fingerprint density at radius 3 is 2.67 bits per heavy atom. The maximum absolute atomic E-state index is 10.1. The van der Waals surface area contributed by atoms with Crippen molar-refractivity contribution in [3.63, 3.8) is 0 Å². The lowest BCUT2D eigenvalue weighted by molar-refractivity contribution is 0.106. The van der Waals surface area contributed by atoms with Gasteiger partial charge in [0.15, 0.2) is 11.5 Å². The average molecular weight is 371 g/mol. The van der Waals surface area contributed by atoms with Gasteiger partial charge < -0.3 is 24.6 Å². The summed E-state index contributed by atoms with van der Waals surface area (Å²) < 4.78 is 16.7. The van der Waals surface area contributed by atoms with Crippen LogP contribution in [0, 0.1) is 6.92 Å². The fourth-order valence-electron chi connectivity index (χ4n) is 2.79. The molecule has 0 aliphatic rings. The topological polar surface area (TPSA) is 88.6 Å². The second kappa shape index (κ2) is 9.25. The van der Waals surface area contributed by atoms with Crippen LogP contribution in [0.1, 0.15) is 5.69 Å². The van der Waals surface area contributed by atoms with Gasteiger partial charge in [0.2, 0.25) is 0 Å². The molecule has 0 aliphatic heterocycles. The minimum absolute atomic E-state index is 0.199. The quantitative estimate of drug-likeness (QED) is 0.474. The van der Waals surface area contributed by atoms with Crippen LogP contribution in [0.2, 0.25) is 0 Å². The van der Waals surface area contributed by atoms with Gasteiger partial charge in [-0.2, -0.15) is 5.10 Å². The first-order valence-corrected chi connectivity index (χ1v) is 8.90. The molecule has 0 saturated heterocycles. The van der Waals surface area contributed by atoms with Crippen molar-refractivity contribution in [3.05, 3.63) is 48.2 Å². The number of ether oxygens (including phenoxy) is 3. The van der Waals surface area contributed by atoms with Crippen LogP contribution in [0.3, 0.4) is 0 Å². The molecule has 27 heavy (non-hydrogen) atoms. The van der Waals surface area contributed by atoms with Crippen molar-refractivity contribution < 1.29 is 19.3 Å². The van der Waals surface area contributed by atoms with E-state index in [9.17, 15) is 5.11 Å². The summed E-state index contributed by atoms with van der Waals surface area (Å²) in [4.78, 5) is 0. The molecule has 7 nitrogen and oxygen atoms in total. The van der Waals surface area contributed by atoms with Gasteiger partial charge in [-0.3, -0.25) is 5.10 Å². The number of benzene rings is 2. The van der Waals surface area contributed by atoms with Gasteiger partial charge in [-0.25, -0.2) is 0 Å². The zero-order valence-electron chi connectivity index (χ0n) is 15.6. The molecule has 1 atom stereocenters. The fourth-order valence-corrected chi connectivity index (χ4v) is 2.79. The predicted molar refractivity (Wildman–Crippen MR) is 104 cm³/mol. The van der Waals surface area contributed by atoms with E-state index in [2.05, 4.69) is 15.5 Å². The van der Waals surface area contributed by atoms with Gasteiger partial charge >= 0.3 is 0 Å². The molecule has 7 heteroatoms. The molecule has 1 aromatic heterocycles. The van der Waals surface area contributed by atoms with E-state index in [0.29, 0.717) is 31.2 Å². The molecule has 144 valence electrons. The Balaban J connectivity index is 1.38. The Morgan fingerprint density at radius 1 is 1.07 bits per heavy atom. The molecule has 0 spiro atoms. The number of rotatable bonds is 10. The number of hydrogen-bond donors (Lipinski definition) is 3. The Morgan fingerprint density at radius 2 is 1.85 bits per heavy atom. The van der Waals surface area contributed by atoms with Gasteiger partial charge in [0.1, 0.15) is 25.1 Å². The number of aryl methyl sites for hydroxylation is 1. The van der Waals surface area contributed by atoms with Crippen molar-refractivity contribution in [2.24, 2.45) is 0 Å². The first-order valence-electron chi connectivity index (χ1n) is 8.90. The van der Waals surface area contributed by atoms with E-state index in [0.717, 1.165) is 22.3 Å². The van der Waals surface area contributed by atoms with E-state index in [1.165, 1.54) is 0 Å². The Hall–Kier alpha value is -2.77. The smallest absolute Gasteiger partial charge is 0.161 e. The number of H-pyrrole nitrogens is 1. The van der Waals surface area contributed by atoms with Crippen LogP contribution >= 0.6 is 0 Å². The average Bonchev–Trinajstić information content (AvgIpc) is 3.08. The van der Waals surface area contributed by atoms with Crippen molar-refractivity contribution in [1.82, 2.24) is 15.5 Å². The molecular formula is C20H25N3O4. The second-order valence-corrected chi connectivity index (χ2v) is 6.17. The normalized spacial score (nSPS) is 12.1. The first-order chi connectivity index (χ1) is 13.2. The third-order valence-electron chi connectivity index (χ3n) is 4.14. The SMILES string of the molecule is COc1ccccc1OCCNCC(O)COc1cccc2n[nH]c(C)c12. The van der Waals surface area contributed by atoms with Gasteiger partial charge in [-0.05, 0) is 31.2 Å². The lowest BCUT2D eigenvalue weighted by Gasteiger charge is -2.15. The monoisotopic (exact) mass is 371 g/mol. The number of aromatic nitrogens is 2. The Kier molecular flexibility index (Phi) is 6.51. The highest BCUT2D eigenvalue weighted by Crippen LogP contribution is 2.27. The molecule has 0 amide bonds. The third-order valence-corrected chi connectivity index (χ3v) is 4.14. The Bertz CT molecular complexity index is 865. The summed E-state index contributed by atoms with van der Waals surface area (Å²) in [5.41, 5.74) is 1.80. The van der Waals surface area contributed by atoms with Gasteiger partial charge in [0.25, 0.3) is 0 Å². The van der Waals surface area contributed by atoms with E-state index < -0.39 is 6.10 Å². The zero-order chi connectivity index (χ0) is 19.1. The van der Waals surface area contributed by atoms with E-state index in [1.54, 1.807) is 7.11 Å². The molecule has 0 radical (unpaired) electrons. The highest BCUT2D eigenvalue weighted by atomic mass is 16.5. The highest BCUT2D eigenvalue weighted by molar-refractivity contribution is 5.87. The van der Waals surface area contributed by atoms with Crippen molar-refractivity contribution in [2.75, 3.05) is 33.4 Å². The largest absolute Gasteiger partial charge is 0.493 e. The highest BCUT2D eigenvalue weighted by Gasteiger charge is 2.10. The number of aromatic amines is 1.